The summed E-state index contributed by atoms with van der Waals surface area (Å²) >= 11 is 0. The van der Waals surface area contributed by atoms with Crippen LogP contribution in [-0.4, -0.2) is 12.5 Å². The van der Waals surface area contributed by atoms with E-state index in [4.69, 9.17) is 10.2 Å². The van der Waals surface area contributed by atoms with Crippen LogP contribution in [0.3, 0.4) is 0 Å². The van der Waals surface area contributed by atoms with Crippen molar-refractivity contribution in [2.45, 2.75) is 38.1 Å². The third kappa shape index (κ3) is 3.33. The third-order valence-corrected chi connectivity index (χ3v) is 3.46. The lowest BCUT2D eigenvalue weighted by atomic mass is 9.96. The molecule has 1 aliphatic rings. The van der Waals surface area contributed by atoms with Crippen LogP contribution in [0, 0.1) is 5.92 Å². The van der Waals surface area contributed by atoms with E-state index in [0.29, 0.717) is 18.9 Å². The van der Waals surface area contributed by atoms with E-state index < -0.39 is 0 Å². The first-order valence-corrected chi connectivity index (χ1v) is 6.32. The van der Waals surface area contributed by atoms with Crippen LogP contribution in [0.25, 0.3) is 0 Å². The van der Waals surface area contributed by atoms with Gasteiger partial charge in [0.25, 0.3) is 0 Å². The molecule has 4 nitrogen and oxygen atoms in total. The highest BCUT2D eigenvalue weighted by Crippen LogP contribution is 2.35. The normalized spacial score (nSPS) is 18.4. The average Bonchev–Trinajstić information content (AvgIpc) is 2.97. The minimum Gasteiger partial charge on any atom is -0.468 e. The minimum atomic E-state index is -0.262. The number of nitrogens with two attached hydrogens (primary N) is 1. The van der Waals surface area contributed by atoms with Gasteiger partial charge in [0.15, 0.2) is 0 Å². The molecule has 17 heavy (non-hydrogen) atoms. The number of furan rings is 1. The molecule has 1 aromatic heterocycles. The van der Waals surface area contributed by atoms with Crippen molar-refractivity contribution in [3.8, 4) is 0 Å². The van der Waals surface area contributed by atoms with Gasteiger partial charge in [0.05, 0.1) is 12.3 Å². The number of hydrogen-bond acceptors (Lipinski definition) is 3. The molecule has 0 radical (unpaired) electrons. The zero-order chi connectivity index (χ0) is 12.1. The van der Waals surface area contributed by atoms with Crippen molar-refractivity contribution < 1.29 is 9.21 Å². The number of primary amides is 1. The fourth-order valence-electron chi connectivity index (χ4n) is 2.61. The quantitative estimate of drug-likeness (QED) is 0.793. The molecule has 0 aromatic carbocycles. The van der Waals surface area contributed by atoms with E-state index in [2.05, 4.69) is 5.32 Å². The Kier molecular flexibility index (Phi) is 4.20. The molecule has 1 unspecified atom stereocenters. The van der Waals surface area contributed by atoms with Crippen molar-refractivity contribution in [2.24, 2.45) is 11.7 Å². The van der Waals surface area contributed by atoms with Gasteiger partial charge in [0.2, 0.25) is 5.91 Å². The van der Waals surface area contributed by atoms with E-state index in [9.17, 15) is 4.79 Å². The minimum absolute atomic E-state index is 0.229. The highest BCUT2D eigenvalue weighted by Gasteiger charge is 2.27. The molecule has 0 spiro atoms. The van der Waals surface area contributed by atoms with Gasteiger partial charge < -0.3 is 15.5 Å². The topological polar surface area (TPSA) is 68.3 Å². The SMILES string of the molecule is NC(=O)CCNC(c1ccco1)C1CCCC1. The third-order valence-electron chi connectivity index (χ3n) is 3.46. The highest BCUT2D eigenvalue weighted by atomic mass is 16.3. The first-order valence-electron chi connectivity index (χ1n) is 6.32. The summed E-state index contributed by atoms with van der Waals surface area (Å²) in [5.74, 6) is 1.33. The van der Waals surface area contributed by atoms with Gasteiger partial charge >= 0.3 is 0 Å². The Balaban J connectivity index is 1.95. The lowest BCUT2D eigenvalue weighted by Crippen LogP contribution is -2.30. The molecule has 3 N–H and O–H groups in total. The molecule has 1 atom stereocenters. The van der Waals surface area contributed by atoms with Crippen molar-refractivity contribution in [3.63, 3.8) is 0 Å². The van der Waals surface area contributed by atoms with E-state index in [1.165, 1.54) is 25.7 Å². The molecule has 1 amide bonds. The summed E-state index contributed by atoms with van der Waals surface area (Å²) in [5, 5.41) is 3.40. The molecule has 4 heteroatoms. The Morgan fingerprint density at radius 2 is 2.29 bits per heavy atom. The largest absolute Gasteiger partial charge is 0.468 e. The Morgan fingerprint density at radius 3 is 2.88 bits per heavy atom. The van der Waals surface area contributed by atoms with Crippen LogP contribution in [-0.2, 0) is 4.79 Å². The summed E-state index contributed by atoms with van der Waals surface area (Å²) in [6.07, 6.45) is 7.12. The summed E-state index contributed by atoms with van der Waals surface area (Å²) in [6.45, 7) is 0.622. The molecule has 0 bridgehead atoms. The molecule has 1 fully saturated rings. The number of nitrogens with one attached hydrogen (secondary N) is 1. The number of rotatable bonds is 6. The summed E-state index contributed by atoms with van der Waals surface area (Å²) in [7, 11) is 0. The van der Waals surface area contributed by atoms with Crippen LogP contribution in [0.5, 0.6) is 0 Å². The lowest BCUT2D eigenvalue weighted by Gasteiger charge is -2.22. The smallest absolute Gasteiger partial charge is 0.218 e. The molecule has 94 valence electrons. The Hall–Kier alpha value is -1.29. The second-order valence-electron chi connectivity index (χ2n) is 4.71. The molecule has 1 aromatic rings. The second-order valence-corrected chi connectivity index (χ2v) is 4.71. The number of hydrogen-bond donors (Lipinski definition) is 2. The molecule has 1 heterocycles. The van der Waals surface area contributed by atoms with Gasteiger partial charge in [-0.25, -0.2) is 0 Å². The molecule has 1 aliphatic carbocycles. The van der Waals surface area contributed by atoms with Crippen molar-refractivity contribution in [1.29, 1.82) is 0 Å². The predicted octanol–water partition coefficient (Wildman–Crippen LogP) is 1.98. The lowest BCUT2D eigenvalue weighted by molar-refractivity contribution is -0.117. The van der Waals surface area contributed by atoms with Crippen LogP contribution < -0.4 is 11.1 Å². The van der Waals surface area contributed by atoms with Crippen LogP contribution in [0.15, 0.2) is 22.8 Å². The Labute approximate surface area is 102 Å². The fraction of sp³-hybridized carbons (Fsp3) is 0.615. The van der Waals surface area contributed by atoms with Crippen molar-refractivity contribution in [2.75, 3.05) is 6.54 Å². The zero-order valence-corrected chi connectivity index (χ0v) is 10.0. The van der Waals surface area contributed by atoms with E-state index in [1.807, 2.05) is 12.1 Å². The van der Waals surface area contributed by atoms with Crippen LogP contribution in [0.4, 0.5) is 0 Å². The summed E-state index contributed by atoms with van der Waals surface area (Å²) in [5.41, 5.74) is 5.15. The van der Waals surface area contributed by atoms with Crippen LogP contribution in [0.1, 0.15) is 43.9 Å². The van der Waals surface area contributed by atoms with Gasteiger partial charge in [-0.1, -0.05) is 12.8 Å². The van der Waals surface area contributed by atoms with Gasteiger partial charge in [0.1, 0.15) is 5.76 Å². The fourth-order valence-corrected chi connectivity index (χ4v) is 2.61. The standard InChI is InChI=1S/C13H20N2O2/c14-12(16)7-8-15-13(10-4-1-2-5-10)11-6-3-9-17-11/h3,6,9-10,13,15H,1-2,4-5,7-8H2,(H2,14,16). The molecule has 0 aliphatic heterocycles. The van der Waals surface area contributed by atoms with Gasteiger partial charge in [-0.15, -0.1) is 0 Å². The Bertz CT molecular complexity index is 342. The maximum Gasteiger partial charge on any atom is 0.218 e. The first kappa shape index (κ1) is 12.2. The van der Waals surface area contributed by atoms with Gasteiger partial charge in [0, 0.05) is 13.0 Å². The molecule has 1 saturated carbocycles. The molecule has 2 rings (SSSR count). The van der Waals surface area contributed by atoms with E-state index in [1.54, 1.807) is 6.26 Å². The van der Waals surface area contributed by atoms with Crippen LogP contribution in [0.2, 0.25) is 0 Å². The maximum absolute atomic E-state index is 10.7. The molecular weight excluding hydrogens is 216 g/mol. The van der Waals surface area contributed by atoms with E-state index in [0.717, 1.165) is 5.76 Å². The summed E-state index contributed by atoms with van der Waals surface area (Å²) in [4.78, 5) is 10.7. The van der Waals surface area contributed by atoms with Crippen molar-refractivity contribution in [1.82, 2.24) is 5.32 Å². The van der Waals surface area contributed by atoms with E-state index >= 15 is 0 Å². The molecular formula is C13H20N2O2. The number of amides is 1. The summed E-state index contributed by atoms with van der Waals surface area (Å²) < 4.78 is 5.49. The van der Waals surface area contributed by atoms with Gasteiger partial charge in [-0.05, 0) is 30.9 Å². The van der Waals surface area contributed by atoms with Crippen molar-refractivity contribution in [3.05, 3.63) is 24.2 Å². The predicted molar refractivity (Wildman–Crippen MR) is 65.2 cm³/mol. The molecule has 0 saturated heterocycles. The summed E-state index contributed by atoms with van der Waals surface area (Å²) in [6, 6.07) is 4.14. The number of carbonyl (C=O) groups is 1. The first-order chi connectivity index (χ1) is 8.27. The van der Waals surface area contributed by atoms with Gasteiger partial charge in [-0.3, -0.25) is 4.79 Å². The second kappa shape index (κ2) is 5.87. The highest BCUT2D eigenvalue weighted by molar-refractivity contribution is 5.73. The van der Waals surface area contributed by atoms with Gasteiger partial charge in [-0.2, -0.15) is 0 Å². The maximum atomic E-state index is 10.7. The zero-order valence-electron chi connectivity index (χ0n) is 10.0. The Morgan fingerprint density at radius 1 is 1.53 bits per heavy atom. The monoisotopic (exact) mass is 236 g/mol. The number of carbonyl (C=O) groups excluding carboxylic acids is 1. The van der Waals surface area contributed by atoms with Crippen molar-refractivity contribution >= 4 is 5.91 Å². The van der Waals surface area contributed by atoms with E-state index in [-0.39, 0.29) is 11.9 Å². The van der Waals surface area contributed by atoms with Crippen LogP contribution >= 0.6 is 0 Å². The average molecular weight is 236 g/mol.